The molecule has 1 amide bonds. The Kier molecular flexibility index (Phi) is 2.58. The molecule has 0 bridgehead atoms. The molecule has 1 saturated heterocycles. The van der Waals surface area contributed by atoms with Crippen molar-refractivity contribution >= 4 is 17.8 Å². The van der Waals surface area contributed by atoms with E-state index in [1.54, 1.807) is 7.11 Å². The molecule has 1 aromatic carbocycles. The van der Waals surface area contributed by atoms with Gasteiger partial charge in [-0.15, -0.1) is 0 Å². The fourth-order valence-corrected chi connectivity index (χ4v) is 2.69. The number of methoxy groups -OCH3 is 1. The van der Waals surface area contributed by atoms with Gasteiger partial charge in [-0.3, -0.25) is 9.79 Å². The lowest BCUT2D eigenvalue weighted by molar-refractivity contribution is 0.0774. The third-order valence-electron chi connectivity index (χ3n) is 3.69. The van der Waals surface area contributed by atoms with Crippen molar-refractivity contribution in [2.75, 3.05) is 13.7 Å². The van der Waals surface area contributed by atoms with Gasteiger partial charge in [0.1, 0.15) is 5.75 Å². The zero-order chi connectivity index (χ0) is 12.7. The van der Waals surface area contributed by atoms with Crippen LogP contribution in [0.4, 0.5) is 5.69 Å². The van der Waals surface area contributed by atoms with E-state index in [0.29, 0.717) is 5.56 Å². The van der Waals surface area contributed by atoms with E-state index in [9.17, 15) is 4.79 Å². The van der Waals surface area contributed by atoms with Gasteiger partial charge in [0.25, 0.3) is 5.91 Å². The molecule has 4 heteroatoms. The van der Waals surface area contributed by atoms with Crippen LogP contribution in [0.2, 0.25) is 0 Å². The third kappa shape index (κ3) is 1.60. The molecule has 0 saturated carbocycles. The Hall–Kier alpha value is -1.84. The number of carbonyl (C=O) groups is 1. The fraction of sp³-hybridized carbons (Fsp3) is 0.429. The monoisotopic (exact) mass is 244 g/mol. The zero-order valence-electron chi connectivity index (χ0n) is 10.6. The molecular formula is C14H16N2O2. The van der Waals surface area contributed by atoms with Crippen LogP contribution in [-0.2, 0) is 0 Å². The van der Waals surface area contributed by atoms with Gasteiger partial charge in [-0.2, -0.15) is 0 Å². The highest BCUT2D eigenvalue weighted by molar-refractivity contribution is 6.03. The maximum absolute atomic E-state index is 12.5. The van der Waals surface area contributed by atoms with Crippen molar-refractivity contribution in [2.24, 2.45) is 4.99 Å². The van der Waals surface area contributed by atoms with Gasteiger partial charge in [-0.1, -0.05) is 0 Å². The molecular weight excluding hydrogens is 228 g/mol. The maximum atomic E-state index is 12.5. The molecule has 0 N–H and O–H groups in total. The first-order chi connectivity index (χ1) is 8.70. The molecule has 2 aliphatic heterocycles. The number of fused-ring (bicyclic) bond motifs is 2. The Morgan fingerprint density at radius 1 is 1.44 bits per heavy atom. The van der Waals surface area contributed by atoms with E-state index in [0.717, 1.165) is 36.4 Å². The smallest absolute Gasteiger partial charge is 0.256 e. The van der Waals surface area contributed by atoms with E-state index in [1.807, 2.05) is 30.2 Å². The molecule has 94 valence electrons. The SMILES string of the molecule is COc1cc2c(cc1C)N=C[C@@H]1CCCN1C2=O. The number of benzene rings is 1. The maximum Gasteiger partial charge on any atom is 0.256 e. The number of aryl methyl sites for hydroxylation is 1. The molecule has 18 heavy (non-hydrogen) atoms. The molecule has 2 aliphatic rings. The summed E-state index contributed by atoms with van der Waals surface area (Å²) in [6.45, 7) is 2.79. The van der Waals surface area contributed by atoms with Crippen LogP contribution in [0.15, 0.2) is 17.1 Å². The minimum absolute atomic E-state index is 0.0725. The number of carbonyl (C=O) groups excluding carboxylic acids is 1. The van der Waals surface area contributed by atoms with E-state index < -0.39 is 0 Å². The van der Waals surface area contributed by atoms with Crippen molar-refractivity contribution in [1.29, 1.82) is 0 Å². The lowest BCUT2D eigenvalue weighted by Crippen LogP contribution is -2.35. The van der Waals surface area contributed by atoms with Gasteiger partial charge in [0.15, 0.2) is 0 Å². The molecule has 2 heterocycles. The van der Waals surface area contributed by atoms with Crippen molar-refractivity contribution in [3.8, 4) is 5.75 Å². The minimum Gasteiger partial charge on any atom is -0.496 e. The molecule has 1 fully saturated rings. The summed E-state index contributed by atoms with van der Waals surface area (Å²) < 4.78 is 5.29. The molecule has 0 aliphatic carbocycles. The second kappa shape index (κ2) is 4.12. The lowest BCUT2D eigenvalue weighted by atomic mass is 10.1. The van der Waals surface area contributed by atoms with E-state index in [2.05, 4.69) is 4.99 Å². The third-order valence-corrected chi connectivity index (χ3v) is 3.69. The molecule has 1 atom stereocenters. The van der Waals surface area contributed by atoms with Crippen LogP contribution in [0, 0.1) is 6.92 Å². The number of ether oxygens (including phenoxy) is 1. The number of rotatable bonds is 1. The van der Waals surface area contributed by atoms with Crippen molar-refractivity contribution in [3.63, 3.8) is 0 Å². The van der Waals surface area contributed by atoms with Gasteiger partial charge >= 0.3 is 0 Å². The van der Waals surface area contributed by atoms with Crippen molar-refractivity contribution in [2.45, 2.75) is 25.8 Å². The van der Waals surface area contributed by atoms with Gasteiger partial charge in [0.2, 0.25) is 0 Å². The van der Waals surface area contributed by atoms with E-state index in [1.165, 1.54) is 0 Å². The lowest BCUT2D eigenvalue weighted by Gasteiger charge is -2.20. The molecule has 4 nitrogen and oxygen atoms in total. The molecule has 3 rings (SSSR count). The fourth-order valence-electron chi connectivity index (χ4n) is 2.69. The molecule has 1 aromatic rings. The largest absolute Gasteiger partial charge is 0.496 e. The quantitative estimate of drug-likeness (QED) is 0.760. The summed E-state index contributed by atoms with van der Waals surface area (Å²) in [5.41, 5.74) is 2.41. The normalized spacial score (nSPS) is 21.6. The highest BCUT2D eigenvalue weighted by Crippen LogP contribution is 2.33. The van der Waals surface area contributed by atoms with Crippen LogP contribution < -0.4 is 4.74 Å². The molecule has 0 radical (unpaired) electrons. The van der Waals surface area contributed by atoms with Gasteiger partial charge in [0.05, 0.1) is 24.4 Å². The second-order valence-corrected chi connectivity index (χ2v) is 4.83. The highest BCUT2D eigenvalue weighted by Gasteiger charge is 2.31. The topological polar surface area (TPSA) is 41.9 Å². The summed E-state index contributed by atoms with van der Waals surface area (Å²) >= 11 is 0. The first-order valence-electron chi connectivity index (χ1n) is 6.24. The Morgan fingerprint density at radius 2 is 2.28 bits per heavy atom. The van der Waals surface area contributed by atoms with Gasteiger partial charge in [-0.25, -0.2) is 0 Å². The summed E-state index contributed by atoms with van der Waals surface area (Å²) in [5, 5.41) is 0. The average molecular weight is 244 g/mol. The van der Waals surface area contributed by atoms with Crippen molar-refractivity contribution in [1.82, 2.24) is 4.90 Å². The predicted molar refractivity (Wildman–Crippen MR) is 69.9 cm³/mol. The number of aliphatic imine (C=N–C) groups is 1. The van der Waals surface area contributed by atoms with E-state index >= 15 is 0 Å². The molecule has 0 aromatic heterocycles. The van der Waals surface area contributed by atoms with Gasteiger partial charge in [-0.05, 0) is 37.5 Å². The Bertz CT molecular complexity index is 537. The summed E-state index contributed by atoms with van der Waals surface area (Å²) in [6.07, 6.45) is 3.97. The number of nitrogens with zero attached hydrogens (tertiary/aromatic N) is 2. The summed E-state index contributed by atoms with van der Waals surface area (Å²) in [6, 6.07) is 3.90. The van der Waals surface area contributed by atoms with Crippen LogP contribution in [0.5, 0.6) is 5.75 Å². The summed E-state index contributed by atoms with van der Waals surface area (Å²) in [7, 11) is 1.62. The van der Waals surface area contributed by atoms with Crippen LogP contribution in [0.1, 0.15) is 28.8 Å². The highest BCUT2D eigenvalue weighted by atomic mass is 16.5. The van der Waals surface area contributed by atoms with E-state index in [4.69, 9.17) is 4.74 Å². The molecule has 0 spiro atoms. The van der Waals surface area contributed by atoms with Crippen molar-refractivity contribution < 1.29 is 9.53 Å². The summed E-state index contributed by atoms with van der Waals surface area (Å²) in [5.74, 6) is 0.818. The number of amides is 1. The standard InChI is InChI=1S/C14H16N2O2/c1-9-6-12-11(7-13(9)18-2)14(17)16-5-3-4-10(16)8-15-12/h6-8,10H,3-5H2,1-2H3/t10-/m0/s1. The Morgan fingerprint density at radius 3 is 3.06 bits per heavy atom. The zero-order valence-corrected chi connectivity index (χ0v) is 10.6. The van der Waals surface area contributed by atoms with Gasteiger partial charge in [0, 0.05) is 12.8 Å². The van der Waals surface area contributed by atoms with Gasteiger partial charge < -0.3 is 9.64 Å². The second-order valence-electron chi connectivity index (χ2n) is 4.83. The predicted octanol–water partition coefficient (Wildman–Crippen LogP) is 2.32. The number of hydrogen-bond acceptors (Lipinski definition) is 3. The summed E-state index contributed by atoms with van der Waals surface area (Å²) in [4.78, 5) is 18.9. The van der Waals surface area contributed by atoms with Crippen LogP contribution >= 0.6 is 0 Å². The van der Waals surface area contributed by atoms with Crippen LogP contribution in [0.25, 0.3) is 0 Å². The van der Waals surface area contributed by atoms with Crippen LogP contribution in [0.3, 0.4) is 0 Å². The molecule has 0 unspecified atom stereocenters. The van der Waals surface area contributed by atoms with E-state index in [-0.39, 0.29) is 11.9 Å². The average Bonchev–Trinajstić information content (AvgIpc) is 2.79. The Balaban J connectivity index is 2.12. The number of hydrogen-bond donors (Lipinski definition) is 0. The Labute approximate surface area is 106 Å². The first kappa shape index (κ1) is 11.3. The minimum atomic E-state index is 0.0725. The first-order valence-corrected chi connectivity index (χ1v) is 6.24. The van der Waals surface area contributed by atoms with Crippen molar-refractivity contribution in [3.05, 3.63) is 23.3 Å². The van der Waals surface area contributed by atoms with Crippen LogP contribution in [-0.4, -0.2) is 36.7 Å².